The van der Waals surface area contributed by atoms with Crippen LogP contribution in [0.4, 0.5) is 10.5 Å². The molecule has 1 atom stereocenters. The van der Waals surface area contributed by atoms with Gasteiger partial charge in [-0.2, -0.15) is 0 Å². The molecule has 4 bridgehead atoms. The number of carbonyl (C=O) groups is 3. The Balaban J connectivity index is 1.44. The molecule has 7 nitrogen and oxygen atoms in total. The van der Waals surface area contributed by atoms with Crippen molar-refractivity contribution in [1.29, 1.82) is 0 Å². The zero-order valence-electron chi connectivity index (χ0n) is 20.3. The predicted octanol–water partition coefficient (Wildman–Crippen LogP) is 4.31. The molecule has 1 heterocycles. The second kappa shape index (κ2) is 8.43. The lowest BCUT2D eigenvalue weighted by molar-refractivity contribution is -0.139. The highest BCUT2D eigenvalue weighted by molar-refractivity contribution is 6.31. The number of barbiturate groups is 1. The molecule has 0 spiro atoms. The number of anilines is 1. The average Bonchev–Trinajstić information content (AvgIpc) is 2.77. The number of phenols is 1. The van der Waals surface area contributed by atoms with Crippen molar-refractivity contribution in [2.75, 3.05) is 18.0 Å². The van der Waals surface area contributed by atoms with Gasteiger partial charge in [0.15, 0.2) is 0 Å². The van der Waals surface area contributed by atoms with E-state index in [9.17, 15) is 19.5 Å². The van der Waals surface area contributed by atoms with Crippen LogP contribution in [0.1, 0.15) is 64.9 Å². The Morgan fingerprint density at radius 3 is 2.21 bits per heavy atom. The number of aromatic hydroxyl groups is 1. The molecule has 7 heteroatoms. The highest BCUT2D eigenvalue weighted by Crippen LogP contribution is 2.62. The summed E-state index contributed by atoms with van der Waals surface area (Å²) in [5, 5.41) is 13.0. The molecule has 4 saturated carbocycles. The zero-order chi connectivity index (χ0) is 24.2. The molecule has 0 unspecified atom stereocenters. The SMILES string of the molecule is CCN(CC)c1ccc(/C=C2\C(=O)NC(=O)N([C@H](C)C34CC5CC(CC(C5)C3)C4)C2=O)c(O)c1. The minimum Gasteiger partial charge on any atom is -0.507 e. The molecule has 34 heavy (non-hydrogen) atoms. The van der Waals surface area contributed by atoms with Crippen LogP contribution in [0.3, 0.4) is 0 Å². The maximum Gasteiger partial charge on any atom is 0.331 e. The normalized spacial score (nSPS) is 32.3. The molecule has 1 aromatic carbocycles. The first-order valence-electron chi connectivity index (χ1n) is 12.7. The summed E-state index contributed by atoms with van der Waals surface area (Å²) < 4.78 is 0. The third kappa shape index (κ3) is 3.69. The summed E-state index contributed by atoms with van der Waals surface area (Å²) in [6.45, 7) is 7.66. The Bertz CT molecular complexity index is 1020. The van der Waals surface area contributed by atoms with Crippen molar-refractivity contribution in [2.45, 2.75) is 65.3 Å². The summed E-state index contributed by atoms with van der Waals surface area (Å²) >= 11 is 0. The van der Waals surface area contributed by atoms with Gasteiger partial charge in [-0.15, -0.1) is 0 Å². The largest absolute Gasteiger partial charge is 0.507 e. The van der Waals surface area contributed by atoms with Crippen LogP contribution in [0.5, 0.6) is 5.75 Å². The van der Waals surface area contributed by atoms with Crippen LogP contribution in [0.2, 0.25) is 0 Å². The molecule has 4 aliphatic carbocycles. The zero-order valence-corrected chi connectivity index (χ0v) is 20.3. The Kier molecular flexibility index (Phi) is 5.69. The first kappa shape index (κ1) is 22.9. The molecular weight excluding hydrogens is 430 g/mol. The number of amides is 4. The van der Waals surface area contributed by atoms with E-state index < -0.39 is 17.8 Å². The van der Waals surface area contributed by atoms with Crippen molar-refractivity contribution >= 4 is 29.6 Å². The van der Waals surface area contributed by atoms with E-state index in [0.717, 1.165) is 38.0 Å². The van der Waals surface area contributed by atoms with E-state index in [1.165, 1.54) is 30.2 Å². The smallest absolute Gasteiger partial charge is 0.331 e. The van der Waals surface area contributed by atoms with E-state index in [1.807, 2.05) is 26.8 Å². The van der Waals surface area contributed by atoms with Crippen molar-refractivity contribution in [1.82, 2.24) is 10.2 Å². The maximum absolute atomic E-state index is 13.6. The van der Waals surface area contributed by atoms with Gasteiger partial charge in [0.05, 0.1) is 0 Å². The molecular formula is C27H35N3O4. The number of carbonyl (C=O) groups excluding carboxylic acids is 3. The molecule has 4 amide bonds. The standard InChI is InChI=1S/C27H35N3O4/c1-4-29(5-2)21-7-6-20(23(31)12-21)11-22-24(32)28-26(34)30(25(22)33)16(3)27-13-17-8-18(14-27)10-19(9-17)15-27/h6-7,11-12,16-19,31H,4-5,8-10,13-15H2,1-3H3,(H,28,32,34)/b22-11+/t16-,17?,18?,19?,27?/m1/s1. The van der Waals surface area contributed by atoms with Crippen LogP contribution in [0, 0.1) is 23.2 Å². The van der Waals surface area contributed by atoms with Crippen molar-refractivity contribution in [3.8, 4) is 5.75 Å². The predicted molar refractivity (Wildman–Crippen MR) is 130 cm³/mol. The Morgan fingerprint density at radius 1 is 1.09 bits per heavy atom. The van der Waals surface area contributed by atoms with E-state index >= 15 is 0 Å². The third-order valence-corrected chi connectivity index (χ3v) is 8.93. The van der Waals surface area contributed by atoms with E-state index in [2.05, 4.69) is 10.2 Å². The topological polar surface area (TPSA) is 90.0 Å². The van der Waals surface area contributed by atoms with E-state index in [4.69, 9.17) is 0 Å². The molecule has 5 aliphatic rings. The van der Waals surface area contributed by atoms with Gasteiger partial charge in [-0.3, -0.25) is 19.8 Å². The molecule has 2 N–H and O–H groups in total. The fourth-order valence-corrected chi connectivity index (χ4v) is 7.58. The van der Waals surface area contributed by atoms with Gasteiger partial charge in [0.1, 0.15) is 11.3 Å². The van der Waals surface area contributed by atoms with E-state index in [-0.39, 0.29) is 22.8 Å². The molecule has 0 aromatic heterocycles. The summed E-state index contributed by atoms with van der Waals surface area (Å²) in [5.74, 6) is 0.786. The van der Waals surface area contributed by atoms with Crippen LogP contribution in [0.15, 0.2) is 23.8 Å². The highest BCUT2D eigenvalue weighted by atomic mass is 16.3. The molecule has 0 radical (unpaired) electrons. The second-order valence-electron chi connectivity index (χ2n) is 10.9. The Morgan fingerprint density at radius 2 is 1.68 bits per heavy atom. The number of imide groups is 2. The summed E-state index contributed by atoms with van der Waals surface area (Å²) in [7, 11) is 0. The molecule has 6 rings (SSSR count). The van der Waals surface area contributed by atoms with Crippen LogP contribution in [-0.2, 0) is 9.59 Å². The number of nitrogens with one attached hydrogen (secondary N) is 1. The number of rotatable bonds is 6. The van der Waals surface area contributed by atoms with Gasteiger partial charge in [-0.25, -0.2) is 4.79 Å². The molecule has 1 saturated heterocycles. The third-order valence-electron chi connectivity index (χ3n) is 8.93. The quantitative estimate of drug-likeness (QED) is 0.483. The van der Waals surface area contributed by atoms with E-state index in [1.54, 1.807) is 12.1 Å². The fraction of sp³-hybridized carbons (Fsp3) is 0.593. The lowest BCUT2D eigenvalue weighted by atomic mass is 9.47. The number of urea groups is 1. The molecule has 1 aliphatic heterocycles. The summed E-state index contributed by atoms with van der Waals surface area (Å²) in [4.78, 5) is 42.5. The summed E-state index contributed by atoms with van der Waals surface area (Å²) in [6, 6.07) is 4.32. The monoisotopic (exact) mass is 465 g/mol. The van der Waals surface area contributed by atoms with E-state index in [0.29, 0.717) is 23.3 Å². The highest BCUT2D eigenvalue weighted by Gasteiger charge is 2.56. The van der Waals surface area contributed by atoms with Crippen molar-refractivity contribution in [2.24, 2.45) is 23.2 Å². The average molecular weight is 466 g/mol. The molecule has 5 fully saturated rings. The first-order valence-corrected chi connectivity index (χ1v) is 12.7. The first-order chi connectivity index (χ1) is 16.2. The minimum atomic E-state index is -0.712. The Labute approximate surface area is 201 Å². The van der Waals surface area contributed by atoms with Crippen molar-refractivity contribution in [3.05, 3.63) is 29.3 Å². The summed E-state index contributed by atoms with van der Waals surface area (Å²) in [5.41, 5.74) is 1.09. The van der Waals surface area contributed by atoms with Gasteiger partial charge in [0.2, 0.25) is 0 Å². The molecule has 1 aromatic rings. The maximum atomic E-state index is 13.6. The number of nitrogens with zero attached hydrogens (tertiary/aromatic N) is 2. The van der Waals surface area contributed by atoms with Gasteiger partial charge in [0, 0.05) is 36.4 Å². The van der Waals surface area contributed by atoms with Crippen LogP contribution >= 0.6 is 0 Å². The van der Waals surface area contributed by atoms with Gasteiger partial charge in [0.25, 0.3) is 11.8 Å². The number of hydrogen-bond donors (Lipinski definition) is 2. The minimum absolute atomic E-state index is 0.00455. The summed E-state index contributed by atoms with van der Waals surface area (Å²) in [6.07, 6.45) is 8.40. The van der Waals surface area contributed by atoms with Crippen molar-refractivity contribution in [3.63, 3.8) is 0 Å². The second-order valence-corrected chi connectivity index (χ2v) is 10.9. The van der Waals surface area contributed by atoms with Crippen LogP contribution in [-0.4, -0.2) is 47.0 Å². The number of benzene rings is 1. The number of hydrogen-bond acceptors (Lipinski definition) is 5. The lowest BCUT2D eigenvalue weighted by Gasteiger charge is -2.60. The van der Waals surface area contributed by atoms with Gasteiger partial charge in [-0.05, 0) is 101 Å². The van der Waals surface area contributed by atoms with Gasteiger partial charge in [-0.1, -0.05) is 0 Å². The van der Waals surface area contributed by atoms with Gasteiger partial charge >= 0.3 is 6.03 Å². The molecule has 182 valence electrons. The van der Waals surface area contributed by atoms with Crippen LogP contribution < -0.4 is 10.2 Å². The lowest BCUT2D eigenvalue weighted by Crippen LogP contribution is -2.63. The number of phenolic OH excluding ortho intramolecular Hbond substituents is 1. The van der Waals surface area contributed by atoms with Crippen molar-refractivity contribution < 1.29 is 19.5 Å². The van der Waals surface area contributed by atoms with Gasteiger partial charge < -0.3 is 10.0 Å². The van der Waals surface area contributed by atoms with Crippen LogP contribution in [0.25, 0.3) is 6.08 Å². The Hall–Kier alpha value is -2.83. The fourth-order valence-electron chi connectivity index (χ4n) is 7.58.